The molecule has 1 unspecified atom stereocenters. The Hall–Kier alpha value is -3.34. The largest absolute Gasteiger partial charge is 0.399 e. The summed E-state index contributed by atoms with van der Waals surface area (Å²) >= 11 is 0. The fraction of sp³-hybridized carbons (Fsp3) is 0.308. The van der Waals surface area contributed by atoms with Gasteiger partial charge in [0.25, 0.3) is 0 Å². The molecule has 0 aliphatic carbocycles. The Bertz CT molecular complexity index is 1380. The highest BCUT2D eigenvalue weighted by Crippen LogP contribution is 2.21. The molecule has 1 aliphatic heterocycles. The van der Waals surface area contributed by atoms with Crippen LogP contribution in [0.4, 0.5) is 5.69 Å². The number of halogens is 1. The van der Waals surface area contributed by atoms with E-state index < -0.39 is 16.1 Å². The van der Waals surface area contributed by atoms with Crippen molar-refractivity contribution < 1.29 is 13.2 Å². The molecular formula is C26H33ClN6O3S. The smallest absolute Gasteiger partial charge is 0.241 e. The summed E-state index contributed by atoms with van der Waals surface area (Å²) < 4.78 is 29.5. The number of piperidine rings is 1. The van der Waals surface area contributed by atoms with Crippen LogP contribution in [0.2, 0.25) is 0 Å². The summed E-state index contributed by atoms with van der Waals surface area (Å²) in [6.45, 7) is 1.09. The number of hydrogen-bond acceptors (Lipinski definition) is 5. The third kappa shape index (κ3) is 6.71. The Kier molecular flexibility index (Phi) is 9.01. The van der Waals surface area contributed by atoms with Gasteiger partial charge < -0.3 is 21.3 Å². The molecule has 11 heteroatoms. The fourth-order valence-electron chi connectivity index (χ4n) is 4.64. The molecular weight excluding hydrogens is 512 g/mol. The number of carbonyl (C=O) groups is 1. The standard InChI is InChI=1S/C26H32N6O3S.ClH/c1-31(22-10-5-13-32(17-22)26(28)29)25(33)24(15-18-6-4-9-21(27)14-18)30-36(34,35)23-12-11-19-7-2-3-8-20(19)16-23;/h2-4,6-9,11-12,14,16,22,24,30H,5,10,13,15,17,27H2,1H3,(H3,28,29);1H/t22-,24?;/m0./s1. The number of carbonyl (C=O) groups excluding carboxylic acids is 1. The van der Waals surface area contributed by atoms with Crippen molar-refractivity contribution in [1.82, 2.24) is 14.5 Å². The van der Waals surface area contributed by atoms with Crippen molar-refractivity contribution in [1.29, 1.82) is 5.41 Å². The van der Waals surface area contributed by atoms with Gasteiger partial charge in [-0.15, -0.1) is 12.4 Å². The fourth-order valence-corrected chi connectivity index (χ4v) is 5.86. The zero-order chi connectivity index (χ0) is 25.9. The first-order valence-electron chi connectivity index (χ1n) is 11.9. The van der Waals surface area contributed by atoms with Crippen LogP contribution in [0.5, 0.6) is 0 Å². The van der Waals surface area contributed by atoms with Crippen molar-refractivity contribution >= 4 is 50.8 Å². The van der Waals surface area contributed by atoms with Gasteiger partial charge in [-0.1, -0.05) is 42.5 Å². The predicted molar refractivity (Wildman–Crippen MR) is 149 cm³/mol. The van der Waals surface area contributed by atoms with Crippen LogP contribution in [0.3, 0.4) is 0 Å². The van der Waals surface area contributed by atoms with Gasteiger partial charge in [0.2, 0.25) is 15.9 Å². The molecule has 1 fully saturated rings. The van der Waals surface area contributed by atoms with E-state index in [1.807, 2.05) is 30.3 Å². The normalized spacial score (nSPS) is 16.6. The van der Waals surface area contributed by atoms with Crippen LogP contribution in [-0.4, -0.2) is 62.3 Å². The molecule has 6 N–H and O–H groups in total. The molecule has 3 aromatic rings. The molecule has 198 valence electrons. The lowest BCUT2D eigenvalue weighted by molar-refractivity contribution is -0.134. The highest BCUT2D eigenvalue weighted by molar-refractivity contribution is 7.89. The van der Waals surface area contributed by atoms with Gasteiger partial charge in [0.15, 0.2) is 5.96 Å². The minimum Gasteiger partial charge on any atom is -0.399 e. The van der Waals surface area contributed by atoms with Gasteiger partial charge in [0.05, 0.1) is 4.90 Å². The highest BCUT2D eigenvalue weighted by atomic mass is 35.5. The number of amides is 1. The third-order valence-corrected chi connectivity index (χ3v) is 8.12. The van der Waals surface area contributed by atoms with Gasteiger partial charge in [0.1, 0.15) is 6.04 Å². The number of nitrogens with one attached hydrogen (secondary N) is 2. The van der Waals surface area contributed by atoms with Crippen molar-refractivity contribution in [2.24, 2.45) is 5.73 Å². The molecule has 0 saturated carbocycles. The zero-order valence-electron chi connectivity index (χ0n) is 20.6. The van der Waals surface area contributed by atoms with E-state index in [0.29, 0.717) is 18.8 Å². The predicted octanol–water partition coefficient (Wildman–Crippen LogP) is 2.55. The molecule has 3 aromatic carbocycles. The number of fused-ring (bicyclic) bond motifs is 1. The van der Waals surface area contributed by atoms with E-state index in [4.69, 9.17) is 16.9 Å². The number of anilines is 1. The van der Waals surface area contributed by atoms with Gasteiger partial charge >= 0.3 is 0 Å². The number of sulfonamides is 1. The Morgan fingerprint density at radius 1 is 1.14 bits per heavy atom. The third-order valence-electron chi connectivity index (χ3n) is 6.65. The van der Waals surface area contributed by atoms with Gasteiger partial charge in [-0.3, -0.25) is 10.2 Å². The van der Waals surface area contributed by atoms with E-state index in [0.717, 1.165) is 29.2 Å². The summed E-state index contributed by atoms with van der Waals surface area (Å²) in [5.41, 5.74) is 12.9. The number of rotatable bonds is 7. The van der Waals surface area contributed by atoms with E-state index in [-0.39, 0.29) is 41.6 Å². The second kappa shape index (κ2) is 11.8. The molecule has 0 spiro atoms. The van der Waals surface area contributed by atoms with Crippen LogP contribution in [-0.2, 0) is 21.2 Å². The first kappa shape index (κ1) is 28.2. The van der Waals surface area contributed by atoms with Gasteiger partial charge in [-0.2, -0.15) is 4.72 Å². The molecule has 4 rings (SSSR count). The summed E-state index contributed by atoms with van der Waals surface area (Å²) in [6, 6.07) is 18.2. The lowest BCUT2D eigenvalue weighted by atomic mass is 10.0. The van der Waals surface area contributed by atoms with Crippen LogP contribution in [0.25, 0.3) is 10.8 Å². The molecule has 9 nitrogen and oxygen atoms in total. The van der Waals surface area contributed by atoms with Crippen molar-refractivity contribution in [2.75, 3.05) is 25.9 Å². The maximum Gasteiger partial charge on any atom is 0.241 e. The molecule has 1 heterocycles. The molecule has 1 saturated heterocycles. The number of likely N-dealkylation sites (tertiary alicyclic amines) is 1. The number of nitrogens with two attached hydrogens (primary N) is 2. The minimum absolute atomic E-state index is 0. The summed E-state index contributed by atoms with van der Waals surface area (Å²) in [6.07, 6.45) is 1.67. The summed E-state index contributed by atoms with van der Waals surface area (Å²) in [5, 5.41) is 9.47. The SMILES string of the molecule is CN(C(=O)C(Cc1cccc(N)c1)NS(=O)(=O)c1ccc2ccccc2c1)[C@H]1CCCN(C(=N)N)C1.Cl. The topological polar surface area (TPSA) is 146 Å². The van der Waals surface area contributed by atoms with E-state index in [1.165, 1.54) is 0 Å². The second-order valence-electron chi connectivity index (χ2n) is 9.21. The lowest BCUT2D eigenvalue weighted by Crippen LogP contribution is -2.56. The molecule has 1 amide bonds. The number of likely N-dealkylation sites (N-methyl/N-ethyl adjacent to an activating group) is 1. The quantitative estimate of drug-likeness (QED) is 0.204. The molecule has 0 aromatic heterocycles. The van der Waals surface area contributed by atoms with Crippen molar-refractivity contribution in [3.8, 4) is 0 Å². The average molecular weight is 545 g/mol. The number of nitrogen functional groups attached to an aromatic ring is 1. The van der Waals surface area contributed by atoms with Crippen LogP contribution in [0, 0.1) is 5.41 Å². The highest BCUT2D eigenvalue weighted by Gasteiger charge is 2.33. The summed E-state index contributed by atoms with van der Waals surface area (Å²) in [5.74, 6) is -0.383. The maximum absolute atomic E-state index is 13.7. The Morgan fingerprint density at radius 2 is 1.86 bits per heavy atom. The van der Waals surface area contributed by atoms with Crippen LogP contribution >= 0.6 is 12.4 Å². The summed E-state index contributed by atoms with van der Waals surface area (Å²) in [7, 11) is -2.33. The van der Waals surface area contributed by atoms with Gasteiger partial charge in [-0.05, 0) is 59.9 Å². The second-order valence-corrected chi connectivity index (χ2v) is 10.9. The van der Waals surface area contributed by atoms with E-state index in [1.54, 1.807) is 53.2 Å². The molecule has 37 heavy (non-hydrogen) atoms. The Labute approximate surface area is 223 Å². The molecule has 0 radical (unpaired) electrons. The van der Waals surface area contributed by atoms with Crippen molar-refractivity contribution in [3.05, 3.63) is 72.3 Å². The molecule has 0 bridgehead atoms. The summed E-state index contributed by atoms with van der Waals surface area (Å²) in [4.78, 5) is 17.1. The first-order valence-corrected chi connectivity index (χ1v) is 13.3. The monoisotopic (exact) mass is 544 g/mol. The van der Waals surface area contributed by atoms with Crippen LogP contribution in [0.15, 0.2) is 71.6 Å². The van der Waals surface area contributed by atoms with Crippen LogP contribution < -0.4 is 16.2 Å². The lowest BCUT2D eigenvalue weighted by Gasteiger charge is -2.39. The zero-order valence-corrected chi connectivity index (χ0v) is 22.3. The van der Waals surface area contributed by atoms with E-state index in [2.05, 4.69) is 4.72 Å². The maximum atomic E-state index is 13.7. The number of benzene rings is 3. The Morgan fingerprint density at radius 3 is 2.57 bits per heavy atom. The van der Waals surface area contributed by atoms with E-state index >= 15 is 0 Å². The first-order chi connectivity index (χ1) is 17.1. The van der Waals surface area contributed by atoms with Crippen molar-refractivity contribution in [3.63, 3.8) is 0 Å². The van der Waals surface area contributed by atoms with Crippen molar-refractivity contribution in [2.45, 2.75) is 36.2 Å². The van der Waals surface area contributed by atoms with Crippen LogP contribution in [0.1, 0.15) is 18.4 Å². The number of guanidine groups is 1. The molecule has 2 atom stereocenters. The number of hydrogen-bond donors (Lipinski definition) is 4. The average Bonchev–Trinajstić information content (AvgIpc) is 2.87. The van der Waals surface area contributed by atoms with Gasteiger partial charge in [0, 0.05) is 31.9 Å². The van der Waals surface area contributed by atoms with Gasteiger partial charge in [-0.25, -0.2) is 8.42 Å². The minimum atomic E-state index is -4.01. The molecule has 1 aliphatic rings. The Balaban J connectivity index is 0.00000380. The van der Waals surface area contributed by atoms with E-state index in [9.17, 15) is 13.2 Å². The number of nitrogens with zero attached hydrogens (tertiary/aromatic N) is 2.